The first kappa shape index (κ1) is 14.2. The lowest BCUT2D eigenvalue weighted by atomic mass is 10.2. The van der Waals surface area contributed by atoms with Gasteiger partial charge in [-0.25, -0.2) is 4.79 Å². The number of nitrogens with zero attached hydrogens (tertiary/aromatic N) is 2. The number of carboxylic acids is 1. The minimum Gasteiger partial charge on any atom is -0.478 e. The van der Waals surface area contributed by atoms with E-state index in [1.165, 1.54) is 17.4 Å². The van der Waals surface area contributed by atoms with Crippen LogP contribution in [0.15, 0.2) is 17.5 Å². The molecule has 0 unspecified atom stereocenters. The van der Waals surface area contributed by atoms with Crippen LogP contribution in [-0.4, -0.2) is 54.1 Å². The van der Waals surface area contributed by atoms with Gasteiger partial charge in [0.05, 0.1) is 0 Å². The number of likely N-dealkylation sites (N-methyl/N-ethyl adjacent to an activating group) is 1. The summed E-state index contributed by atoms with van der Waals surface area (Å²) in [5.41, 5.74) is 1.03. The number of rotatable bonds is 4. The Morgan fingerprint density at radius 2 is 2.26 bits per heavy atom. The first-order valence-electron chi connectivity index (χ1n) is 6.53. The molecular weight excluding hydrogens is 260 g/mol. The number of carboxylic acid groups (broad SMARTS) is 1. The molecule has 1 N–H and O–H groups in total. The van der Waals surface area contributed by atoms with Crippen molar-refractivity contribution in [1.29, 1.82) is 0 Å². The van der Waals surface area contributed by atoms with Gasteiger partial charge in [-0.1, -0.05) is 0 Å². The van der Waals surface area contributed by atoms with E-state index < -0.39 is 5.97 Å². The van der Waals surface area contributed by atoms with Gasteiger partial charge in [-0.05, 0) is 49.6 Å². The van der Waals surface area contributed by atoms with Crippen LogP contribution >= 0.6 is 11.3 Å². The Hall–Kier alpha value is -1.17. The van der Waals surface area contributed by atoms with Crippen LogP contribution in [0, 0.1) is 0 Å². The maximum Gasteiger partial charge on any atom is 0.328 e. The SMILES string of the molecule is CN1CCCN(Cc2sccc2C=CC(=O)O)CC1. The lowest BCUT2D eigenvalue weighted by molar-refractivity contribution is -0.131. The van der Waals surface area contributed by atoms with Crippen molar-refractivity contribution in [2.24, 2.45) is 0 Å². The second-order valence-electron chi connectivity index (χ2n) is 4.90. The van der Waals surface area contributed by atoms with Crippen molar-refractivity contribution in [3.05, 3.63) is 28.0 Å². The van der Waals surface area contributed by atoms with Gasteiger partial charge in [0.2, 0.25) is 0 Å². The van der Waals surface area contributed by atoms with Gasteiger partial charge in [0.1, 0.15) is 0 Å². The van der Waals surface area contributed by atoms with Crippen molar-refractivity contribution in [3.63, 3.8) is 0 Å². The van der Waals surface area contributed by atoms with Gasteiger partial charge in [0, 0.05) is 30.6 Å². The van der Waals surface area contributed by atoms with Gasteiger partial charge in [-0.15, -0.1) is 11.3 Å². The molecule has 0 atom stereocenters. The zero-order valence-electron chi connectivity index (χ0n) is 11.2. The molecule has 2 rings (SSSR count). The molecule has 5 heteroatoms. The Bertz CT molecular complexity index is 456. The van der Waals surface area contributed by atoms with Crippen molar-refractivity contribution in [3.8, 4) is 0 Å². The molecule has 1 aromatic heterocycles. The molecule has 1 aromatic rings. The second-order valence-corrected chi connectivity index (χ2v) is 5.90. The van der Waals surface area contributed by atoms with E-state index in [4.69, 9.17) is 5.11 Å². The average molecular weight is 280 g/mol. The molecule has 4 nitrogen and oxygen atoms in total. The maximum absolute atomic E-state index is 10.6. The summed E-state index contributed by atoms with van der Waals surface area (Å²) in [6.45, 7) is 5.38. The van der Waals surface area contributed by atoms with Crippen molar-refractivity contribution < 1.29 is 9.90 Å². The zero-order chi connectivity index (χ0) is 13.7. The summed E-state index contributed by atoms with van der Waals surface area (Å²) in [6.07, 6.45) is 4.10. The third kappa shape index (κ3) is 4.45. The van der Waals surface area contributed by atoms with Crippen LogP contribution in [0.25, 0.3) is 6.08 Å². The zero-order valence-corrected chi connectivity index (χ0v) is 12.0. The van der Waals surface area contributed by atoms with E-state index in [9.17, 15) is 4.79 Å². The first-order chi connectivity index (χ1) is 9.15. The molecule has 0 spiro atoms. The average Bonchev–Trinajstić information content (AvgIpc) is 2.70. The smallest absolute Gasteiger partial charge is 0.328 e. The Balaban J connectivity index is 1.99. The Morgan fingerprint density at radius 1 is 1.42 bits per heavy atom. The fraction of sp³-hybridized carbons (Fsp3) is 0.500. The van der Waals surface area contributed by atoms with Crippen molar-refractivity contribution >= 4 is 23.4 Å². The van der Waals surface area contributed by atoms with E-state index in [1.54, 1.807) is 17.4 Å². The van der Waals surface area contributed by atoms with Gasteiger partial charge in [-0.3, -0.25) is 4.90 Å². The van der Waals surface area contributed by atoms with Crippen molar-refractivity contribution in [1.82, 2.24) is 9.80 Å². The molecule has 19 heavy (non-hydrogen) atoms. The summed E-state index contributed by atoms with van der Waals surface area (Å²) in [5, 5.41) is 10.7. The molecule has 1 fully saturated rings. The van der Waals surface area contributed by atoms with Gasteiger partial charge in [0.25, 0.3) is 0 Å². The summed E-state index contributed by atoms with van der Waals surface area (Å²) in [7, 11) is 2.16. The predicted octanol–water partition coefficient (Wildman–Crippen LogP) is 1.98. The minimum absolute atomic E-state index is 0.895. The number of carbonyl (C=O) groups is 1. The Morgan fingerprint density at radius 3 is 3.05 bits per heavy atom. The van der Waals surface area contributed by atoms with Crippen LogP contribution < -0.4 is 0 Å². The summed E-state index contributed by atoms with van der Waals surface area (Å²) < 4.78 is 0. The predicted molar refractivity (Wildman–Crippen MR) is 78.4 cm³/mol. The van der Waals surface area contributed by atoms with E-state index in [1.807, 2.05) is 11.4 Å². The number of aliphatic carboxylic acids is 1. The summed E-state index contributed by atoms with van der Waals surface area (Å²) in [4.78, 5) is 16.6. The third-order valence-corrected chi connectivity index (χ3v) is 4.29. The van der Waals surface area contributed by atoms with E-state index >= 15 is 0 Å². The first-order valence-corrected chi connectivity index (χ1v) is 7.41. The monoisotopic (exact) mass is 280 g/mol. The van der Waals surface area contributed by atoms with E-state index in [0.29, 0.717) is 0 Å². The topological polar surface area (TPSA) is 43.8 Å². The van der Waals surface area contributed by atoms with Crippen LogP contribution in [0.2, 0.25) is 0 Å². The van der Waals surface area contributed by atoms with Crippen LogP contribution in [0.4, 0.5) is 0 Å². The quantitative estimate of drug-likeness (QED) is 0.857. The van der Waals surface area contributed by atoms with E-state index in [0.717, 1.165) is 38.3 Å². The lowest BCUT2D eigenvalue weighted by Crippen LogP contribution is -2.28. The van der Waals surface area contributed by atoms with Crippen LogP contribution in [0.5, 0.6) is 0 Å². The fourth-order valence-corrected chi connectivity index (χ4v) is 3.16. The summed E-state index contributed by atoms with van der Waals surface area (Å²) in [5.74, 6) is -0.895. The molecule has 1 saturated heterocycles. The summed E-state index contributed by atoms with van der Waals surface area (Å²) >= 11 is 1.70. The highest BCUT2D eigenvalue weighted by molar-refractivity contribution is 7.10. The lowest BCUT2D eigenvalue weighted by Gasteiger charge is -2.19. The van der Waals surface area contributed by atoms with Gasteiger partial charge < -0.3 is 10.0 Å². The molecule has 0 saturated carbocycles. The highest BCUT2D eigenvalue weighted by atomic mass is 32.1. The van der Waals surface area contributed by atoms with Crippen LogP contribution in [0.1, 0.15) is 16.9 Å². The van der Waals surface area contributed by atoms with Crippen LogP contribution in [0.3, 0.4) is 0 Å². The summed E-state index contributed by atoms with van der Waals surface area (Å²) in [6, 6.07) is 1.99. The maximum atomic E-state index is 10.6. The van der Waals surface area contributed by atoms with E-state index in [-0.39, 0.29) is 0 Å². The molecule has 0 aromatic carbocycles. The molecule has 0 bridgehead atoms. The molecule has 1 aliphatic rings. The highest BCUT2D eigenvalue weighted by Gasteiger charge is 2.14. The largest absolute Gasteiger partial charge is 0.478 e. The van der Waals surface area contributed by atoms with Gasteiger partial charge >= 0.3 is 5.97 Å². The number of hydrogen-bond acceptors (Lipinski definition) is 4. The Kier molecular flexibility index (Phi) is 5.13. The second kappa shape index (κ2) is 6.84. The molecule has 0 amide bonds. The highest BCUT2D eigenvalue weighted by Crippen LogP contribution is 2.21. The number of thiophene rings is 1. The van der Waals surface area contributed by atoms with Crippen molar-refractivity contribution in [2.75, 3.05) is 33.2 Å². The molecule has 0 aliphatic carbocycles. The molecule has 104 valence electrons. The molecule has 1 aliphatic heterocycles. The normalized spacial score (nSPS) is 18.8. The molecule has 0 radical (unpaired) electrons. The van der Waals surface area contributed by atoms with Gasteiger partial charge in [-0.2, -0.15) is 0 Å². The molecular formula is C14H20N2O2S. The third-order valence-electron chi connectivity index (χ3n) is 3.36. The number of hydrogen-bond donors (Lipinski definition) is 1. The van der Waals surface area contributed by atoms with Crippen LogP contribution in [-0.2, 0) is 11.3 Å². The standard InChI is InChI=1S/C14H20N2O2S/c1-15-6-2-7-16(9-8-15)11-13-12(5-10-19-13)3-4-14(17)18/h3-5,10H,2,6-9,11H2,1H3,(H,17,18). The van der Waals surface area contributed by atoms with Crippen molar-refractivity contribution in [2.45, 2.75) is 13.0 Å². The fourth-order valence-electron chi connectivity index (χ4n) is 2.25. The van der Waals surface area contributed by atoms with E-state index in [2.05, 4.69) is 16.8 Å². The Labute approximate surface area is 118 Å². The van der Waals surface area contributed by atoms with Gasteiger partial charge in [0.15, 0.2) is 0 Å². The minimum atomic E-state index is -0.895. The molecule has 2 heterocycles.